The summed E-state index contributed by atoms with van der Waals surface area (Å²) in [6.07, 6.45) is 3.61. The van der Waals surface area contributed by atoms with Gasteiger partial charge in [0.15, 0.2) is 0 Å². The van der Waals surface area contributed by atoms with Crippen molar-refractivity contribution in [2.45, 2.75) is 50.3 Å². The van der Waals surface area contributed by atoms with Gasteiger partial charge in [-0.15, -0.1) is 0 Å². The number of nitrogens with zero attached hydrogens (tertiary/aromatic N) is 3. The third-order valence-electron chi connectivity index (χ3n) is 3.38. The minimum atomic E-state index is -3.53. The number of aryl methyl sites for hydroxylation is 1. The highest BCUT2D eigenvalue weighted by Gasteiger charge is 2.38. The Morgan fingerprint density at radius 2 is 2.24 bits per heavy atom. The first-order valence-corrected chi connectivity index (χ1v) is 8.59. The molecule has 120 valence electrons. The first-order valence-electron chi connectivity index (χ1n) is 7.15. The Morgan fingerprint density at radius 1 is 1.52 bits per heavy atom. The maximum atomic E-state index is 12.7. The summed E-state index contributed by atoms with van der Waals surface area (Å²) in [6.45, 7) is 7.56. The summed E-state index contributed by atoms with van der Waals surface area (Å²) in [4.78, 5) is 0.226. The molecule has 0 amide bonds. The van der Waals surface area contributed by atoms with Crippen molar-refractivity contribution in [3.8, 4) is 0 Å². The van der Waals surface area contributed by atoms with E-state index in [9.17, 15) is 8.42 Å². The summed E-state index contributed by atoms with van der Waals surface area (Å²) in [6, 6.07) is 0. The highest BCUT2D eigenvalue weighted by atomic mass is 32.2. The van der Waals surface area contributed by atoms with E-state index in [4.69, 9.17) is 10.5 Å². The minimum Gasteiger partial charge on any atom is -0.370 e. The van der Waals surface area contributed by atoms with Crippen LogP contribution in [0.15, 0.2) is 17.3 Å². The second kappa shape index (κ2) is 6.04. The van der Waals surface area contributed by atoms with E-state index < -0.39 is 15.6 Å². The van der Waals surface area contributed by atoms with Gasteiger partial charge in [-0.1, -0.05) is 0 Å². The standard InChI is InChI=1S/C13H24N4O3S/c1-11-8-17(10-13(2,3)20-11)21(18,19)12-7-15-16(9-12)6-4-5-14/h7,9,11H,4-6,8,10,14H2,1-3H3. The lowest BCUT2D eigenvalue weighted by atomic mass is 10.1. The van der Waals surface area contributed by atoms with E-state index in [1.807, 2.05) is 20.8 Å². The molecule has 1 aliphatic rings. The lowest BCUT2D eigenvalue weighted by Gasteiger charge is -2.40. The molecule has 0 spiro atoms. The van der Waals surface area contributed by atoms with Gasteiger partial charge in [0.05, 0.1) is 17.9 Å². The topological polar surface area (TPSA) is 90.5 Å². The van der Waals surface area contributed by atoms with Crippen LogP contribution in [0.3, 0.4) is 0 Å². The number of rotatable bonds is 5. The van der Waals surface area contributed by atoms with Crippen LogP contribution in [0.4, 0.5) is 0 Å². The van der Waals surface area contributed by atoms with Gasteiger partial charge in [-0.05, 0) is 33.7 Å². The zero-order chi connectivity index (χ0) is 15.7. The first-order chi connectivity index (χ1) is 9.74. The quantitative estimate of drug-likeness (QED) is 0.850. The molecule has 2 heterocycles. The number of hydrogen-bond donors (Lipinski definition) is 1. The Kier molecular flexibility index (Phi) is 4.72. The molecule has 0 aliphatic carbocycles. The summed E-state index contributed by atoms with van der Waals surface area (Å²) in [7, 11) is -3.53. The molecule has 1 atom stereocenters. The zero-order valence-electron chi connectivity index (χ0n) is 12.8. The van der Waals surface area contributed by atoms with E-state index in [1.54, 1.807) is 10.9 Å². The Hall–Kier alpha value is -0.960. The molecule has 1 aliphatic heterocycles. The van der Waals surface area contributed by atoms with E-state index >= 15 is 0 Å². The number of hydrogen-bond acceptors (Lipinski definition) is 5. The summed E-state index contributed by atoms with van der Waals surface area (Å²) >= 11 is 0. The van der Waals surface area contributed by atoms with E-state index in [0.29, 0.717) is 26.2 Å². The van der Waals surface area contributed by atoms with Gasteiger partial charge in [0.25, 0.3) is 0 Å². The molecule has 1 fully saturated rings. The fraction of sp³-hybridized carbons (Fsp3) is 0.769. The Morgan fingerprint density at radius 3 is 2.86 bits per heavy atom. The van der Waals surface area contributed by atoms with Crippen molar-refractivity contribution in [1.82, 2.24) is 14.1 Å². The summed E-state index contributed by atoms with van der Waals surface area (Å²) in [5, 5.41) is 4.09. The van der Waals surface area contributed by atoms with Crippen LogP contribution in [0, 0.1) is 0 Å². The maximum Gasteiger partial charge on any atom is 0.246 e. The van der Waals surface area contributed by atoms with Gasteiger partial charge in [-0.3, -0.25) is 4.68 Å². The van der Waals surface area contributed by atoms with Crippen molar-refractivity contribution in [1.29, 1.82) is 0 Å². The predicted molar refractivity (Wildman–Crippen MR) is 79.3 cm³/mol. The fourth-order valence-corrected chi connectivity index (χ4v) is 4.20. The van der Waals surface area contributed by atoms with E-state index in [-0.39, 0.29) is 11.0 Å². The first kappa shape index (κ1) is 16.4. The molecule has 0 bridgehead atoms. The lowest BCUT2D eigenvalue weighted by molar-refractivity contribution is -0.109. The summed E-state index contributed by atoms with van der Waals surface area (Å²) in [5.41, 5.74) is 4.96. The molecule has 21 heavy (non-hydrogen) atoms. The Bertz CT molecular complexity index is 582. The smallest absolute Gasteiger partial charge is 0.246 e. The van der Waals surface area contributed by atoms with Crippen molar-refractivity contribution >= 4 is 10.0 Å². The van der Waals surface area contributed by atoms with Gasteiger partial charge in [0.1, 0.15) is 4.90 Å². The molecule has 2 N–H and O–H groups in total. The van der Waals surface area contributed by atoms with Crippen LogP contribution in [0.5, 0.6) is 0 Å². The monoisotopic (exact) mass is 316 g/mol. The van der Waals surface area contributed by atoms with Crippen LogP contribution < -0.4 is 5.73 Å². The fourth-order valence-electron chi connectivity index (χ4n) is 2.58. The molecular formula is C13H24N4O3S. The van der Waals surface area contributed by atoms with Crippen LogP contribution >= 0.6 is 0 Å². The van der Waals surface area contributed by atoms with Crippen molar-refractivity contribution in [2.75, 3.05) is 19.6 Å². The number of morpholine rings is 1. The highest BCUT2D eigenvalue weighted by Crippen LogP contribution is 2.26. The summed E-state index contributed by atoms with van der Waals surface area (Å²) < 4.78 is 34.2. The van der Waals surface area contributed by atoms with Gasteiger partial charge in [-0.25, -0.2) is 8.42 Å². The third-order valence-corrected chi connectivity index (χ3v) is 5.14. The van der Waals surface area contributed by atoms with Crippen molar-refractivity contribution < 1.29 is 13.2 Å². The maximum absolute atomic E-state index is 12.7. The molecule has 0 aromatic carbocycles. The van der Waals surface area contributed by atoms with Gasteiger partial charge in [0.2, 0.25) is 10.0 Å². The Labute approximate surface area is 126 Å². The van der Waals surface area contributed by atoms with Crippen LogP contribution in [0.25, 0.3) is 0 Å². The predicted octanol–water partition coefficient (Wildman–Crippen LogP) is 0.420. The van der Waals surface area contributed by atoms with Crippen molar-refractivity contribution in [2.24, 2.45) is 5.73 Å². The third kappa shape index (κ3) is 3.82. The highest BCUT2D eigenvalue weighted by molar-refractivity contribution is 7.89. The van der Waals surface area contributed by atoms with Gasteiger partial charge >= 0.3 is 0 Å². The van der Waals surface area contributed by atoms with Crippen molar-refractivity contribution in [3.63, 3.8) is 0 Å². The molecule has 0 radical (unpaired) electrons. The molecule has 1 unspecified atom stereocenters. The van der Waals surface area contributed by atoms with Gasteiger partial charge < -0.3 is 10.5 Å². The Balaban J connectivity index is 2.19. The van der Waals surface area contributed by atoms with Gasteiger partial charge in [0, 0.05) is 25.8 Å². The average molecular weight is 316 g/mol. The normalized spacial score (nSPS) is 23.3. The van der Waals surface area contributed by atoms with Crippen LogP contribution in [-0.2, 0) is 21.3 Å². The lowest BCUT2D eigenvalue weighted by Crippen LogP contribution is -2.53. The second-order valence-corrected chi connectivity index (χ2v) is 8.00. The van der Waals surface area contributed by atoms with Crippen LogP contribution in [0.2, 0.25) is 0 Å². The molecule has 7 nitrogen and oxygen atoms in total. The van der Waals surface area contributed by atoms with Crippen LogP contribution in [0.1, 0.15) is 27.2 Å². The number of aromatic nitrogens is 2. The number of ether oxygens (including phenoxy) is 1. The SMILES string of the molecule is CC1CN(S(=O)(=O)c2cnn(CCCN)c2)CC(C)(C)O1. The van der Waals surface area contributed by atoms with Crippen molar-refractivity contribution in [3.05, 3.63) is 12.4 Å². The summed E-state index contributed by atoms with van der Waals surface area (Å²) in [5.74, 6) is 0. The molecule has 1 aromatic heterocycles. The van der Waals surface area contributed by atoms with Gasteiger partial charge in [-0.2, -0.15) is 9.40 Å². The van der Waals surface area contributed by atoms with Crippen LogP contribution in [-0.4, -0.2) is 53.8 Å². The minimum absolute atomic E-state index is 0.129. The number of sulfonamides is 1. The van der Waals surface area contributed by atoms with E-state index in [0.717, 1.165) is 6.42 Å². The molecule has 1 aromatic rings. The second-order valence-electron chi connectivity index (χ2n) is 6.07. The molecule has 0 saturated carbocycles. The number of nitrogens with two attached hydrogens (primary N) is 1. The largest absolute Gasteiger partial charge is 0.370 e. The zero-order valence-corrected chi connectivity index (χ0v) is 13.6. The molecular weight excluding hydrogens is 292 g/mol. The average Bonchev–Trinajstić information content (AvgIpc) is 2.83. The van der Waals surface area contributed by atoms with E-state index in [2.05, 4.69) is 5.10 Å². The molecule has 8 heteroatoms. The molecule has 1 saturated heterocycles. The molecule has 2 rings (SSSR count). The van der Waals surface area contributed by atoms with E-state index in [1.165, 1.54) is 10.5 Å².